The predicted octanol–water partition coefficient (Wildman–Crippen LogP) is 3.07. The van der Waals surface area contributed by atoms with Crippen LogP contribution in [0.3, 0.4) is 0 Å². The molecule has 0 aliphatic rings. The first-order valence-corrected chi connectivity index (χ1v) is 7.52. The summed E-state index contributed by atoms with van der Waals surface area (Å²) in [6.45, 7) is 0. The van der Waals surface area contributed by atoms with Crippen LogP contribution in [0.15, 0.2) is 47.6 Å². The van der Waals surface area contributed by atoms with Gasteiger partial charge in [0.2, 0.25) is 0 Å². The first-order chi connectivity index (χ1) is 10.6. The van der Waals surface area contributed by atoms with Gasteiger partial charge in [0.15, 0.2) is 0 Å². The molecule has 0 saturated heterocycles. The summed E-state index contributed by atoms with van der Waals surface area (Å²) in [5.74, 6) is 0.760. The molecule has 0 spiro atoms. The number of carbonyl (C=O) groups excluding carboxylic acids is 1. The second-order valence-electron chi connectivity index (χ2n) is 4.36. The summed E-state index contributed by atoms with van der Waals surface area (Å²) < 4.78 is 11.4. The highest BCUT2D eigenvalue weighted by molar-refractivity contribution is 14.1. The minimum atomic E-state index is -0.334. The minimum absolute atomic E-state index is 0.334. The zero-order chi connectivity index (χ0) is 15.9. The number of hydrogen-bond acceptors (Lipinski definition) is 4. The molecule has 6 heteroatoms. The van der Waals surface area contributed by atoms with Crippen LogP contribution in [0.5, 0.6) is 11.5 Å². The Labute approximate surface area is 142 Å². The molecule has 1 amide bonds. The first-order valence-electron chi connectivity index (χ1n) is 6.44. The third kappa shape index (κ3) is 4.45. The quantitative estimate of drug-likeness (QED) is 0.468. The van der Waals surface area contributed by atoms with Gasteiger partial charge in [-0.15, -0.1) is 0 Å². The van der Waals surface area contributed by atoms with Crippen molar-refractivity contribution in [2.24, 2.45) is 5.10 Å². The molecule has 114 valence electrons. The minimum Gasteiger partial charge on any atom is -0.497 e. The summed E-state index contributed by atoms with van der Waals surface area (Å²) in [6, 6.07) is 12.7. The molecule has 0 saturated carbocycles. The van der Waals surface area contributed by atoms with Crippen LogP contribution in [0, 0.1) is 3.57 Å². The van der Waals surface area contributed by atoms with E-state index in [0.29, 0.717) is 17.1 Å². The summed E-state index contributed by atoms with van der Waals surface area (Å²) in [6.07, 6.45) is 1.59. The van der Waals surface area contributed by atoms with Gasteiger partial charge in [0, 0.05) is 15.2 Å². The second kappa shape index (κ2) is 7.79. The number of methoxy groups -OCH3 is 2. The molecular formula is C16H15IN2O3. The zero-order valence-corrected chi connectivity index (χ0v) is 14.3. The van der Waals surface area contributed by atoms with Gasteiger partial charge in [0.05, 0.1) is 20.4 Å². The lowest BCUT2D eigenvalue weighted by molar-refractivity contribution is 0.0954. The average molecular weight is 410 g/mol. The van der Waals surface area contributed by atoms with E-state index in [2.05, 4.69) is 33.1 Å². The molecule has 0 aliphatic heterocycles. The maximum atomic E-state index is 12.1. The topological polar surface area (TPSA) is 59.9 Å². The van der Waals surface area contributed by atoms with E-state index < -0.39 is 0 Å². The molecule has 0 fully saturated rings. The van der Waals surface area contributed by atoms with Crippen molar-refractivity contribution in [2.75, 3.05) is 14.2 Å². The molecule has 0 aromatic heterocycles. The lowest BCUT2D eigenvalue weighted by atomic mass is 10.2. The van der Waals surface area contributed by atoms with Crippen LogP contribution < -0.4 is 14.9 Å². The fourth-order valence-electron chi connectivity index (χ4n) is 1.76. The summed E-state index contributed by atoms with van der Waals surface area (Å²) in [5.41, 5.74) is 3.81. The zero-order valence-electron chi connectivity index (χ0n) is 12.2. The summed E-state index contributed by atoms with van der Waals surface area (Å²) in [7, 11) is 3.07. The van der Waals surface area contributed by atoms with Crippen molar-refractivity contribution in [1.82, 2.24) is 5.43 Å². The number of carbonyl (C=O) groups is 1. The molecule has 5 nitrogen and oxygen atoms in total. The molecule has 2 aromatic rings. The first kappa shape index (κ1) is 16.3. The molecule has 2 rings (SSSR count). The van der Waals surface area contributed by atoms with Crippen molar-refractivity contribution in [3.05, 3.63) is 57.2 Å². The maximum Gasteiger partial charge on any atom is 0.271 e. The number of hydrazone groups is 1. The van der Waals surface area contributed by atoms with Crippen LogP contribution >= 0.6 is 22.6 Å². The van der Waals surface area contributed by atoms with Crippen molar-refractivity contribution in [2.45, 2.75) is 0 Å². The highest BCUT2D eigenvalue weighted by atomic mass is 127. The van der Waals surface area contributed by atoms with Crippen molar-refractivity contribution in [1.29, 1.82) is 0 Å². The van der Waals surface area contributed by atoms with Crippen molar-refractivity contribution < 1.29 is 14.3 Å². The van der Waals surface area contributed by atoms with Gasteiger partial charge in [0.1, 0.15) is 11.5 Å². The molecular weight excluding hydrogens is 395 g/mol. The van der Waals surface area contributed by atoms with Crippen molar-refractivity contribution in [3.63, 3.8) is 0 Å². The van der Waals surface area contributed by atoms with Gasteiger partial charge in [0.25, 0.3) is 5.91 Å². The number of nitrogens with zero attached hydrogens (tertiary/aromatic N) is 1. The molecule has 0 bridgehead atoms. The molecule has 0 aliphatic carbocycles. The Hall–Kier alpha value is -2.09. The number of rotatable bonds is 5. The highest BCUT2D eigenvalue weighted by Crippen LogP contribution is 2.22. The van der Waals surface area contributed by atoms with Crippen LogP contribution in [0.1, 0.15) is 15.9 Å². The lowest BCUT2D eigenvalue weighted by Gasteiger charge is -2.07. The standard InChI is InChI=1S/C16H15IN2O3/c1-21-14-7-12(8-15(9-14)22-2)16(20)19-18-10-11-4-3-5-13(17)6-11/h3-10H,1-2H3,(H,19,20)/b18-10-. The molecule has 0 radical (unpaired) electrons. The van der Waals surface area contributed by atoms with Gasteiger partial charge in [-0.3, -0.25) is 4.79 Å². The Morgan fingerprint density at radius 3 is 2.41 bits per heavy atom. The fraction of sp³-hybridized carbons (Fsp3) is 0.125. The smallest absolute Gasteiger partial charge is 0.271 e. The van der Waals surface area contributed by atoms with Crippen LogP contribution in [-0.2, 0) is 0 Å². The number of hydrogen-bond donors (Lipinski definition) is 1. The lowest BCUT2D eigenvalue weighted by Crippen LogP contribution is -2.17. The summed E-state index contributed by atoms with van der Waals surface area (Å²) in [4.78, 5) is 12.1. The fourth-order valence-corrected chi connectivity index (χ4v) is 2.32. The van der Waals surface area contributed by atoms with Gasteiger partial charge in [-0.2, -0.15) is 5.10 Å². The maximum absolute atomic E-state index is 12.1. The van der Waals surface area contributed by atoms with E-state index in [-0.39, 0.29) is 5.91 Å². The van der Waals surface area contributed by atoms with Crippen molar-refractivity contribution >= 4 is 34.7 Å². The van der Waals surface area contributed by atoms with Crippen molar-refractivity contribution in [3.8, 4) is 11.5 Å². The van der Waals surface area contributed by atoms with E-state index in [0.717, 1.165) is 9.13 Å². The van der Waals surface area contributed by atoms with Crippen LogP contribution in [-0.4, -0.2) is 26.3 Å². The monoisotopic (exact) mass is 410 g/mol. The van der Waals surface area contributed by atoms with E-state index in [9.17, 15) is 4.79 Å². The Kier molecular flexibility index (Phi) is 5.76. The SMILES string of the molecule is COc1cc(OC)cc(C(=O)N/N=C\c2cccc(I)c2)c1. The molecule has 0 heterocycles. The normalized spacial score (nSPS) is 10.5. The highest BCUT2D eigenvalue weighted by Gasteiger charge is 2.08. The Morgan fingerprint density at radius 2 is 1.82 bits per heavy atom. The third-order valence-corrected chi connectivity index (χ3v) is 3.51. The Balaban J connectivity index is 2.09. The van der Waals surface area contributed by atoms with E-state index in [1.165, 1.54) is 14.2 Å². The molecule has 22 heavy (non-hydrogen) atoms. The van der Waals surface area contributed by atoms with Gasteiger partial charge in [-0.05, 0) is 52.4 Å². The van der Waals surface area contributed by atoms with Crippen LogP contribution in [0.25, 0.3) is 0 Å². The van der Waals surface area contributed by atoms with Gasteiger partial charge in [-0.25, -0.2) is 5.43 Å². The van der Waals surface area contributed by atoms with Crippen LogP contribution in [0.2, 0.25) is 0 Å². The van der Waals surface area contributed by atoms with E-state index in [4.69, 9.17) is 9.47 Å². The Morgan fingerprint density at radius 1 is 1.14 bits per heavy atom. The average Bonchev–Trinajstić information content (AvgIpc) is 2.54. The van der Waals surface area contributed by atoms with Gasteiger partial charge < -0.3 is 9.47 Å². The predicted molar refractivity (Wildman–Crippen MR) is 93.8 cm³/mol. The Bertz CT molecular complexity index is 679. The number of ether oxygens (including phenoxy) is 2. The van der Waals surface area contributed by atoms with Gasteiger partial charge in [-0.1, -0.05) is 12.1 Å². The molecule has 2 aromatic carbocycles. The van der Waals surface area contributed by atoms with Crippen LogP contribution in [0.4, 0.5) is 0 Å². The molecule has 0 atom stereocenters. The number of halogens is 1. The number of nitrogens with one attached hydrogen (secondary N) is 1. The largest absolute Gasteiger partial charge is 0.497 e. The van der Waals surface area contributed by atoms with E-state index in [1.807, 2.05) is 24.3 Å². The number of benzene rings is 2. The summed E-state index contributed by atoms with van der Waals surface area (Å²) >= 11 is 2.22. The molecule has 1 N–H and O–H groups in total. The van der Waals surface area contributed by atoms with E-state index >= 15 is 0 Å². The second-order valence-corrected chi connectivity index (χ2v) is 5.60. The summed E-state index contributed by atoms with van der Waals surface area (Å²) in [5, 5.41) is 3.96. The van der Waals surface area contributed by atoms with Gasteiger partial charge >= 0.3 is 0 Å². The number of amides is 1. The molecule has 0 unspecified atom stereocenters. The van der Waals surface area contributed by atoms with E-state index in [1.54, 1.807) is 24.4 Å². The third-order valence-electron chi connectivity index (χ3n) is 2.84.